The van der Waals surface area contributed by atoms with E-state index in [9.17, 15) is 5.11 Å². The Hall–Kier alpha value is -0.900. The molecule has 1 aromatic rings. The molecule has 1 aliphatic heterocycles. The standard InChI is InChI=1S/C13H18O3/c1-9-4-6-10(7-5-9)12(14)11-8-15-13(2,3)16-11/h4-7,11-12,14H,8H2,1-3H3. The number of rotatable bonds is 2. The van der Waals surface area contributed by atoms with Crippen LogP contribution in [0.2, 0.25) is 0 Å². The zero-order valence-corrected chi connectivity index (χ0v) is 9.93. The van der Waals surface area contributed by atoms with Crippen LogP contribution >= 0.6 is 0 Å². The van der Waals surface area contributed by atoms with E-state index in [0.717, 1.165) is 5.56 Å². The number of aliphatic hydroxyl groups excluding tert-OH is 1. The van der Waals surface area contributed by atoms with E-state index >= 15 is 0 Å². The van der Waals surface area contributed by atoms with Gasteiger partial charge >= 0.3 is 0 Å². The van der Waals surface area contributed by atoms with Crippen molar-refractivity contribution in [2.75, 3.05) is 6.61 Å². The van der Waals surface area contributed by atoms with E-state index in [2.05, 4.69) is 0 Å². The van der Waals surface area contributed by atoms with Crippen molar-refractivity contribution in [1.29, 1.82) is 0 Å². The molecule has 0 bridgehead atoms. The van der Waals surface area contributed by atoms with E-state index in [-0.39, 0.29) is 6.10 Å². The van der Waals surface area contributed by atoms with Gasteiger partial charge in [0.05, 0.1) is 6.61 Å². The lowest BCUT2D eigenvalue weighted by molar-refractivity contribution is -0.151. The second-order valence-corrected chi connectivity index (χ2v) is 4.72. The van der Waals surface area contributed by atoms with E-state index in [1.807, 2.05) is 45.0 Å². The van der Waals surface area contributed by atoms with E-state index in [1.165, 1.54) is 5.56 Å². The Balaban J connectivity index is 2.08. The SMILES string of the molecule is Cc1ccc(C(O)C2COC(C)(C)O2)cc1. The number of benzene rings is 1. The average molecular weight is 222 g/mol. The fraction of sp³-hybridized carbons (Fsp3) is 0.538. The molecule has 1 saturated heterocycles. The van der Waals surface area contributed by atoms with Gasteiger partial charge in [-0.1, -0.05) is 29.8 Å². The molecule has 0 saturated carbocycles. The van der Waals surface area contributed by atoms with Gasteiger partial charge in [0.2, 0.25) is 0 Å². The third-order valence-electron chi connectivity index (χ3n) is 2.80. The lowest BCUT2D eigenvalue weighted by Gasteiger charge is -2.20. The van der Waals surface area contributed by atoms with Crippen LogP contribution in [0.25, 0.3) is 0 Å². The van der Waals surface area contributed by atoms with Crippen LogP contribution in [0.4, 0.5) is 0 Å². The highest BCUT2D eigenvalue weighted by Gasteiger charge is 2.37. The minimum Gasteiger partial charge on any atom is -0.386 e. The van der Waals surface area contributed by atoms with Gasteiger partial charge in [-0.2, -0.15) is 0 Å². The summed E-state index contributed by atoms with van der Waals surface area (Å²) in [6.07, 6.45) is -0.903. The highest BCUT2D eigenvalue weighted by Crippen LogP contribution is 2.30. The minimum atomic E-state index is -0.623. The highest BCUT2D eigenvalue weighted by molar-refractivity contribution is 5.24. The molecule has 0 aliphatic carbocycles. The summed E-state index contributed by atoms with van der Waals surface area (Å²) in [5.41, 5.74) is 2.05. The second kappa shape index (κ2) is 4.17. The van der Waals surface area contributed by atoms with E-state index < -0.39 is 11.9 Å². The van der Waals surface area contributed by atoms with Crippen LogP contribution in [-0.4, -0.2) is 23.6 Å². The summed E-state index contributed by atoms with van der Waals surface area (Å²) in [5, 5.41) is 10.1. The maximum absolute atomic E-state index is 10.1. The van der Waals surface area contributed by atoms with Crippen molar-refractivity contribution < 1.29 is 14.6 Å². The molecule has 0 radical (unpaired) electrons. The predicted molar refractivity (Wildman–Crippen MR) is 61.0 cm³/mol. The van der Waals surface area contributed by atoms with E-state index in [1.54, 1.807) is 0 Å². The summed E-state index contributed by atoms with van der Waals surface area (Å²) < 4.78 is 11.1. The summed E-state index contributed by atoms with van der Waals surface area (Å²) >= 11 is 0. The van der Waals surface area contributed by atoms with Gasteiger partial charge in [0.25, 0.3) is 0 Å². The Kier molecular flexibility index (Phi) is 3.02. The van der Waals surface area contributed by atoms with Crippen LogP contribution in [0.1, 0.15) is 31.1 Å². The molecule has 16 heavy (non-hydrogen) atoms. The van der Waals surface area contributed by atoms with Gasteiger partial charge < -0.3 is 14.6 Å². The first kappa shape index (κ1) is 11.6. The van der Waals surface area contributed by atoms with Crippen molar-refractivity contribution in [3.63, 3.8) is 0 Å². The quantitative estimate of drug-likeness (QED) is 0.833. The number of hydrogen-bond donors (Lipinski definition) is 1. The first-order valence-electron chi connectivity index (χ1n) is 5.54. The van der Waals surface area contributed by atoms with Crippen LogP contribution in [0, 0.1) is 6.92 Å². The molecule has 2 atom stereocenters. The summed E-state index contributed by atoms with van der Waals surface area (Å²) in [4.78, 5) is 0. The Labute approximate surface area is 96.0 Å². The Morgan fingerprint density at radius 3 is 2.44 bits per heavy atom. The number of ether oxygens (including phenoxy) is 2. The molecule has 3 heteroatoms. The summed E-state index contributed by atoms with van der Waals surface area (Å²) in [6, 6.07) is 7.82. The largest absolute Gasteiger partial charge is 0.386 e. The molecule has 0 spiro atoms. The predicted octanol–water partition coefficient (Wildman–Crippen LogP) is 2.18. The van der Waals surface area contributed by atoms with Crippen LogP contribution < -0.4 is 0 Å². The van der Waals surface area contributed by atoms with Gasteiger partial charge in [-0.25, -0.2) is 0 Å². The smallest absolute Gasteiger partial charge is 0.163 e. The van der Waals surface area contributed by atoms with Gasteiger partial charge in [-0.05, 0) is 26.3 Å². The average Bonchev–Trinajstić information content (AvgIpc) is 2.59. The molecule has 0 aromatic heterocycles. The van der Waals surface area contributed by atoms with Crippen LogP contribution in [0.15, 0.2) is 24.3 Å². The van der Waals surface area contributed by atoms with Crippen molar-refractivity contribution in [2.45, 2.75) is 38.8 Å². The second-order valence-electron chi connectivity index (χ2n) is 4.72. The highest BCUT2D eigenvalue weighted by atomic mass is 16.7. The van der Waals surface area contributed by atoms with Crippen LogP contribution in [-0.2, 0) is 9.47 Å². The van der Waals surface area contributed by atoms with Crippen molar-refractivity contribution in [2.24, 2.45) is 0 Å². The van der Waals surface area contributed by atoms with Gasteiger partial charge in [-0.3, -0.25) is 0 Å². The number of aryl methyl sites for hydroxylation is 1. The monoisotopic (exact) mass is 222 g/mol. The van der Waals surface area contributed by atoms with E-state index in [4.69, 9.17) is 9.47 Å². The van der Waals surface area contributed by atoms with Crippen molar-refractivity contribution in [3.8, 4) is 0 Å². The van der Waals surface area contributed by atoms with Crippen molar-refractivity contribution in [3.05, 3.63) is 35.4 Å². The van der Waals surface area contributed by atoms with Crippen molar-refractivity contribution in [1.82, 2.24) is 0 Å². The third kappa shape index (κ3) is 2.43. The minimum absolute atomic E-state index is 0.280. The molecule has 2 rings (SSSR count). The first-order valence-corrected chi connectivity index (χ1v) is 5.54. The molecule has 88 valence electrons. The first-order chi connectivity index (χ1) is 7.48. The van der Waals surface area contributed by atoms with Crippen LogP contribution in [0.3, 0.4) is 0 Å². The summed E-state index contributed by atoms with van der Waals surface area (Å²) in [6.45, 7) is 6.17. The lowest BCUT2D eigenvalue weighted by atomic mass is 10.0. The Morgan fingerprint density at radius 1 is 1.31 bits per heavy atom. The normalized spacial score (nSPS) is 25.6. The fourth-order valence-corrected chi connectivity index (χ4v) is 1.85. The number of aliphatic hydroxyl groups is 1. The molecule has 1 aliphatic rings. The summed E-state index contributed by atoms with van der Waals surface area (Å²) in [7, 11) is 0. The Morgan fingerprint density at radius 2 is 1.94 bits per heavy atom. The molecular formula is C13H18O3. The lowest BCUT2D eigenvalue weighted by Crippen LogP contribution is -2.25. The molecule has 3 nitrogen and oxygen atoms in total. The summed E-state index contributed by atoms with van der Waals surface area (Å²) in [5.74, 6) is -0.587. The Bertz CT molecular complexity index is 356. The topological polar surface area (TPSA) is 38.7 Å². The maximum atomic E-state index is 10.1. The molecule has 1 aromatic carbocycles. The molecule has 1 N–H and O–H groups in total. The molecule has 1 heterocycles. The van der Waals surface area contributed by atoms with Crippen molar-refractivity contribution >= 4 is 0 Å². The van der Waals surface area contributed by atoms with Gasteiger partial charge in [0, 0.05) is 0 Å². The zero-order chi connectivity index (χ0) is 11.8. The molecule has 2 unspecified atom stereocenters. The fourth-order valence-electron chi connectivity index (χ4n) is 1.85. The zero-order valence-electron chi connectivity index (χ0n) is 9.93. The van der Waals surface area contributed by atoms with Gasteiger partial charge in [0.15, 0.2) is 5.79 Å². The molecule has 1 fully saturated rings. The molecular weight excluding hydrogens is 204 g/mol. The van der Waals surface area contributed by atoms with E-state index in [0.29, 0.717) is 6.61 Å². The van der Waals surface area contributed by atoms with Crippen LogP contribution in [0.5, 0.6) is 0 Å². The third-order valence-corrected chi connectivity index (χ3v) is 2.80. The van der Waals surface area contributed by atoms with Gasteiger partial charge in [-0.15, -0.1) is 0 Å². The maximum Gasteiger partial charge on any atom is 0.163 e. The van der Waals surface area contributed by atoms with Gasteiger partial charge in [0.1, 0.15) is 12.2 Å². The number of hydrogen-bond acceptors (Lipinski definition) is 3. The molecule has 0 amide bonds.